The molecule has 2 amide bonds. The van der Waals surface area contributed by atoms with Gasteiger partial charge in [-0.2, -0.15) is 0 Å². The molecule has 0 aromatic heterocycles. The molecule has 2 aliphatic heterocycles. The predicted molar refractivity (Wildman–Crippen MR) is 145 cm³/mol. The molecule has 202 valence electrons. The number of carbonyl (C=O) groups excluding carboxylic acids is 2. The minimum atomic E-state index is -0.520. The van der Waals surface area contributed by atoms with E-state index in [9.17, 15) is 9.59 Å². The Kier molecular flexibility index (Phi) is 7.80. The Morgan fingerprint density at radius 3 is 2.05 bits per heavy atom. The minimum absolute atomic E-state index is 0.0562. The Balaban J connectivity index is 1.51. The second-order valence-corrected chi connectivity index (χ2v) is 9.34. The molecule has 10 nitrogen and oxygen atoms in total. The molecule has 2 fully saturated rings. The molecule has 2 heterocycles. The number of hydrogen-bond donors (Lipinski definition) is 2. The highest BCUT2D eigenvalue weighted by Gasteiger charge is 2.49. The van der Waals surface area contributed by atoms with Crippen molar-refractivity contribution in [2.45, 2.75) is 19.3 Å². The van der Waals surface area contributed by atoms with E-state index in [1.54, 1.807) is 35.1 Å². The molecular formula is C28H34N4O6. The van der Waals surface area contributed by atoms with E-state index in [0.29, 0.717) is 78.6 Å². The van der Waals surface area contributed by atoms with Crippen molar-refractivity contribution in [1.29, 1.82) is 5.41 Å². The summed E-state index contributed by atoms with van der Waals surface area (Å²) in [5, 5.41) is 7.58. The quantitative estimate of drug-likeness (QED) is 0.509. The van der Waals surface area contributed by atoms with E-state index in [4.69, 9.17) is 30.1 Å². The first-order valence-corrected chi connectivity index (χ1v) is 12.4. The Morgan fingerprint density at radius 1 is 0.921 bits per heavy atom. The molecule has 0 atom stereocenters. The number of nitrogens with zero attached hydrogens (tertiary/aromatic N) is 2. The fourth-order valence-corrected chi connectivity index (χ4v) is 5.35. The zero-order valence-electron chi connectivity index (χ0n) is 22.2. The SMILES string of the molecule is COc1cc(OC)c(C(=O)N2CCC3(CC2)CCN(c2ccc(/C(C=N)=C/N)c(OC)c2)C3=O)c(OC)c1. The zero-order valence-corrected chi connectivity index (χ0v) is 22.2. The highest BCUT2D eigenvalue weighted by Crippen LogP contribution is 2.45. The number of carbonyl (C=O) groups is 2. The molecule has 0 saturated carbocycles. The van der Waals surface area contributed by atoms with Crippen LogP contribution in [0.5, 0.6) is 23.0 Å². The van der Waals surface area contributed by atoms with Gasteiger partial charge < -0.3 is 39.9 Å². The highest BCUT2D eigenvalue weighted by atomic mass is 16.5. The van der Waals surface area contributed by atoms with Gasteiger partial charge >= 0.3 is 0 Å². The van der Waals surface area contributed by atoms with Gasteiger partial charge in [0.2, 0.25) is 5.91 Å². The number of benzene rings is 2. The lowest BCUT2D eigenvalue weighted by Crippen LogP contribution is -2.46. The van der Waals surface area contributed by atoms with Crippen molar-refractivity contribution in [2.75, 3.05) is 53.0 Å². The molecule has 0 bridgehead atoms. The number of nitrogens with one attached hydrogen (secondary N) is 1. The molecule has 1 spiro atoms. The van der Waals surface area contributed by atoms with Crippen molar-refractivity contribution in [3.05, 3.63) is 47.7 Å². The Bertz CT molecular complexity index is 1240. The Labute approximate surface area is 222 Å². The van der Waals surface area contributed by atoms with E-state index in [1.807, 2.05) is 12.1 Å². The lowest BCUT2D eigenvalue weighted by molar-refractivity contribution is -0.127. The van der Waals surface area contributed by atoms with Gasteiger partial charge in [-0.1, -0.05) is 0 Å². The molecule has 38 heavy (non-hydrogen) atoms. The van der Waals surface area contributed by atoms with Gasteiger partial charge in [0, 0.05) is 67.1 Å². The largest absolute Gasteiger partial charge is 0.496 e. The zero-order chi connectivity index (χ0) is 27.4. The first kappa shape index (κ1) is 26.8. The molecule has 0 aliphatic carbocycles. The second kappa shape index (κ2) is 11.0. The van der Waals surface area contributed by atoms with E-state index in [0.717, 1.165) is 5.69 Å². The molecular weight excluding hydrogens is 488 g/mol. The molecule has 2 saturated heterocycles. The summed E-state index contributed by atoms with van der Waals surface area (Å²) >= 11 is 0. The van der Waals surface area contributed by atoms with Crippen LogP contribution in [0.25, 0.3) is 5.57 Å². The maximum absolute atomic E-state index is 13.7. The third kappa shape index (κ3) is 4.62. The maximum atomic E-state index is 13.7. The average molecular weight is 523 g/mol. The summed E-state index contributed by atoms with van der Waals surface area (Å²) in [4.78, 5) is 30.8. The van der Waals surface area contributed by atoms with Crippen LogP contribution in [0.4, 0.5) is 5.69 Å². The van der Waals surface area contributed by atoms with E-state index in [-0.39, 0.29) is 11.8 Å². The van der Waals surface area contributed by atoms with E-state index >= 15 is 0 Å². The van der Waals surface area contributed by atoms with Crippen molar-refractivity contribution in [3.8, 4) is 23.0 Å². The third-order valence-electron chi connectivity index (χ3n) is 7.59. The van der Waals surface area contributed by atoms with Gasteiger partial charge in [0.1, 0.15) is 28.6 Å². The van der Waals surface area contributed by atoms with Crippen LogP contribution < -0.4 is 29.6 Å². The first-order chi connectivity index (χ1) is 18.4. The van der Waals surface area contributed by atoms with Crippen LogP contribution in [-0.4, -0.2) is 71.0 Å². The number of likely N-dealkylation sites (tertiary alicyclic amines) is 1. The van der Waals surface area contributed by atoms with E-state index in [2.05, 4.69) is 0 Å². The van der Waals surface area contributed by atoms with Crippen LogP contribution in [0, 0.1) is 10.8 Å². The highest BCUT2D eigenvalue weighted by molar-refractivity contribution is 6.09. The summed E-state index contributed by atoms with van der Waals surface area (Å²) < 4.78 is 21.8. The van der Waals surface area contributed by atoms with Crippen LogP contribution in [0.15, 0.2) is 36.5 Å². The number of hydrogen-bond acceptors (Lipinski definition) is 8. The summed E-state index contributed by atoms with van der Waals surface area (Å²) in [6.07, 6.45) is 4.36. The van der Waals surface area contributed by atoms with E-state index in [1.165, 1.54) is 33.7 Å². The van der Waals surface area contributed by atoms with Gasteiger partial charge in [0.15, 0.2) is 0 Å². The normalized spacial score (nSPS) is 16.9. The lowest BCUT2D eigenvalue weighted by Gasteiger charge is -2.38. The lowest BCUT2D eigenvalue weighted by atomic mass is 9.77. The molecule has 0 unspecified atom stereocenters. The number of allylic oxidation sites excluding steroid dienone is 1. The molecule has 0 radical (unpaired) electrons. The second-order valence-electron chi connectivity index (χ2n) is 9.34. The van der Waals surface area contributed by atoms with Gasteiger partial charge in [-0.15, -0.1) is 0 Å². The van der Waals surface area contributed by atoms with Crippen LogP contribution in [0.1, 0.15) is 35.2 Å². The van der Waals surface area contributed by atoms with Crippen LogP contribution in [0.2, 0.25) is 0 Å². The molecule has 4 rings (SSSR count). The van der Waals surface area contributed by atoms with E-state index < -0.39 is 5.41 Å². The standard InChI is InChI=1S/C28H34N4O6/c1-35-20-14-23(37-3)25(24(15-20)38-4)26(33)31-10-7-28(8-11-31)9-12-32(27(28)34)19-5-6-21(18(16-29)17-30)22(13-19)36-2/h5-6,13-17,29H,7-12,30H2,1-4H3/b18-17+,29-16?. The van der Waals surface area contributed by atoms with Crippen molar-refractivity contribution in [1.82, 2.24) is 4.90 Å². The molecule has 2 aliphatic rings. The van der Waals surface area contributed by atoms with Crippen molar-refractivity contribution >= 4 is 29.3 Å². The molecule has 2 aromatic rings. The fourth-order valence-electron chi connectivity index (χ4n) is 5.35. The average Bonchev–Trinajstić information content (AvgIpc) is 3.27. The Hall–Kier alpha value is -4.21. The number of nitrogens with two attached hydrogens (primary N) is 1. The number of piperidine rings is 1. The van der Waals surface area contributed by atoms with Gasteiger partial charge in [0.25, 0.3) is 5.91 Å². The van der Waals surface area contributed by atoms with Gasteiger partial charge in [0.05, 0.1) is 33.9 Å². The smallest absolute Gasteiger partial charge is 0.261 e. The van der Waals surface area contributed by atoms with Gasteiger partial charge in [-0.05, 0) is 31.4 Å². The minimum Gasteiger partial charge on any atom is -0.496 e. The summed E-state index contributed by atoms with van der Waals surface area (Å²) in [7, 11) is 6.09. The topological polar surface area (TPSA) is 127 Å². The van der Waals surface area contributed by atoms with Crippen LogP contribution in [-0.2, 0) is 4.79 Å². The van der Waals surface area contributed by atoms with Crippen molar-refractivity contribution < 1.29 is 28.5 Å². The monoisotopic (exact) mass is 522 g/mol. The first-order valence-electron chi connectivity index (χ1n) is 12.4. The summed E-state index contributed by atoms with van der Waals surface area (Å²) in [6, 6.07) is 8.79. The fraction of sp³-hybridized carbons (Fsp3) is 0.393. The molecule has 3 N–H and O–H groups in total. The number of amides is 2. The summed E-state index contributed by atoms with van der Waals surface area (Å²) in [5.74, 6) is 1.68. The predicted octanol–water partition coefficient (Wildman–Crippen LogP) is 3.33. The van der Waals surface area contributed by atoms with Crippen LogP contribution >= 0.6 is 0 Å². The van der Waals surface area contributed by atoms with Crippen LogP contribution in [0.3, 0.4) is 0 Å². The molecule has 10 heteroatoms. The van der Waals surface area contributed by atoms with Gasteiger partial charge in [-0.3, -0.25) is 9.59 Å². The number of ether oxygens (including phenoxy) is 4. The van der Waals surface area contributed by atoms with Crippen molar-refractivity contribution in [2.24, 2.45) is 11.1 Å². The van der Waals surface area contributed by atoms with Gasteiger partial charge in [-0.25, -0.2) is 0 Å². The Morgan fingerprint density at radius 2 is 1.53 bits per heavy atom. The summed E-state index contributed by atoms with van der Waals surface area (Å²) in [5.41, 5.74) is 7.42. The maximum Gasteiger partial charge on any atom is 0.261 e. The molecule has 2 aromatic carbocycles. The summed E-state index contributed by atoms with van der Waals surface area (Å²) in [6.45, 7) is 1.48. The number of methoxy groups -OCH3 is 4. The third-order valence-corrected chi connectivity index (χ3v) is 7.59. The number of anilines is 1. The van der Waals surface area contributed by atoms with Crippen molar-refractivity contribution in [3.63, 3.8) is 0 Å². The number of rotatable bonds is 8.